The van der Waals surface area contributed by atoms with E-state index in [2.05, 4.69) is 5.32 Å². The van der Waals surface area contributed by atoms with E-state index in [0.717, 1.165) is 12.0 Å². The Kier molecular flexibility index (Phi) is 4.97. The van der Waals surface area contributed by atoms with E-state index in [0.29, 0.717) is 5.69 Å². The maximum atomic E-state index is 11.4. The number of aryl methyl sites for hydroxylation is 1. The van der Waals surface area contributed by atoms with E-state index in [4.69, 9.17) is 16.7 Å². The van der Waals surface area contributed by atoms with Crippen LogP contribution in [0.2, 0.25) is 0 Å². The molecule has 0 radical (unpaired) electrons. The molecule has 0 fully saturated rings. The zero-order valence-corrected chi connectivity index (χ0v) is 10.3. The number of carbonyl (C=O) groups is 2. The Hall–Kier alpha value is -1.55. The molecule has 0 spiro atoms. The van der Waals surface area contributed by atoms with Gasteiger partial charge in [0, 0.05) is 12.3 Å². The van der Waals surface area contributed by atoms with Crippen LogP contribution in [0.3, 0.4) is 0 Å². The lowest BCUT2D eigenvalue weighted by Crippen LogP contribution is -2.15. The number of hydrogen-bond acceptors (Lipinski definition) is 2. The van der Waals surface area contributed by atoms with E-state index in [1.807, 2.05) is 6.92 Å². The molecule has 92 valence electrons. The molecule has 5 heteroatoms. The number of benzene rings is 1. The van der Waals surface area contributed by atoms with Gasteiger partial charge in [0.1, 0.15) is 0 Å². The van der Waals surface area contributed by atoms with E-state index in [1.165, 1.54) is 0 Å². The summed E-state index contributed by atoms with van der Waals surface area (Å²) in [6.07, 6.45) is 0.909. The molecular weight excluding hydrogens is 242 g/mol. The van der Waals surface area contributed by atoms with Gasteiger partial charge in [0.2, 0.25) is 5.91 Å². The molecule has 17 heavy (non-hydrogen) atoms. The van der Waals surface area contributed by atoms with Gasteiger partial charge in [-0.25, -0.2) is 4.79 Å². The summed E-state index contributed by atoms with van der Waals surface area (Å²) in [5.74, 6) is -1.13. The Morgan fingerprint density at radius 3 is 2.65 bits per heavy atom. The standard InChI is InChI=1S/C12H14ClNO3/c1-2-8-3-4-10(9(7-8)12(16)17)14-11(15)5-6-13/h3-4,7H,2,5-6H2,1H3,(H,14,15)(H,16,17). The predicted octanol–water partition coefficient (Wildman–Crippen LogP) is 2.51. The average Bonchev–Trinajstić information content (AvgIpc) is 2.29. The molecule has 0 aliphatic carbocycles. The van der Waals surface area contributed by atoms with Crippen molar-refractivity contribution in [1.29, 1.82) is 0 Å². The number of nitrogens with one attached hydrogen (secondary N) is 1. The monoisotopic (exact) mass is 255 g/mol. The summed E-state index contributed by atoms with van der Waals surface area (Å²) >= 11 is 5.44. The number of halogens is 1. The maximum Gasteiger partial charge on any atom is 0.337 e. The van der Waals surface area contributed by atoms with E-state index in [9.17, 15) is 9.59 Å². The van der Waals surface area contributed by atoms with Crippen LogP contribution < -0.4 is 5.32 Å². The van der Waals surface area contributed by atoms with E-state index in [1.54, 1.807) is 18.2 Å². The number of rotatable bonds is 5. The summed E-state index contributed by atoms with van der Waals surface area (Å²) in [5.41, 5.74) is 1.33. The molecule has 0 aliphatic heterocycles. The lowest BCUT2D eigenvalue weighted by Gasteiger charge is -2.09. The minimum absolute atomic E-state index is 0.104. The molecule has 1 amide bonds. The predicted molar refractivity (Wildman–Crippen MR) is 66.7 cm³/mol. The second-order valence-electron chi connectivity index (χ2n) is 3.53. The highest BCUT2D eigenvalue weighted by molar-refractivity contribution is 6.19. The van der Waals surface area contributed by atoms with E-state index < -0.39 is 5.97 Å². The van der Waals surface area contributed by atoms with Crippen LogP contribution in [0.4, 0.5) is 5.69 Å². The van der Waals surface area contributed by atoms with Crippen molar-refractivity contribution in [3.63, 3.8) is 0 Å². The Morgan fingerprint density at radius 2 is 2.12 bits per heavy atom. The van der Waals surface area contributed by atoms with Gasteiger partial charge in [-0.1, -0.05) is 13.0 Å². The number of anilines is 1. The SMILES string of the molecule is CCc1ccc(NC(=O)CCCl)c(C(=O)O)c1. The van der Waals surface area contributed by atoms with Crippen molar-refractivity contribution in [3.05, 3.63) is 29.3 Å². The van der Waals surface area contributed by atoms with Crippen LogP contribution in [-0.4, -0.2) is 22.9 Å². The number of carboxylic acids is 1. The van der Waals surface area contributed by atoms with Gasteiger partial charge in [0.25, 0.3) is 0 Å². The zero-order chi connectivity index (χ0) is 12.8. The minimum atomic E-state index is -1.05. The van der Waals surface area contributed by atoms with Crippen molar-refractivity contribution in [2.45, 2.75) is 19.8 Å². The van der Waals surface area contributed by atoms with Gasteiger partial charge in [-0.2, -0.15) is 0 Å². The zero-order valence-electron chi connectivity index (χ0n) is 9.50. The quantitative estimate of drug-likeness (QED) is 0.795. The molecule has 1 aromatic rings. The van der Waals surface area contributed by atoms with Gasteiger partial charge < -0.3 is 10.4 Å². The molecule has 0 aliphatic rings. The van der Waals surface area contributed by atoms with Crippen molar-refractivity contribution in [1.82, 2.24) is 0 Å². The molecule has 0 bridgehead atoms. The molecule has 0 unspecified atom stereocenters. The van der Waals surface area contributed by atoms with Gasteiger partial charge >= 0.3 is 5.97 Å². The molecule has 4 nitrogen and oxygen atoms in total. The molecule has 0 atom stereocenters. The lowest BCUT2D eigenvalue weighted by molar-refractivity contribution is -0.115. The second-order valence-corrected chi connectivity index (χ2v) is 3.90. The van der Waals surface area contributed by atoms with E-state index in [-0.39, 0.29) is 23.8 Å². The van der Waals surface area contributed by atoms with Crippen molar-refractivity contribution < 1.29 is 14.7 Å². The maximum absolute atomic E-state index is 11.4. The first-order chi connectivity index (χ1) is 8.08. The van der Waals surface area contributed by atoms with Crippen LogP contribution in [0, 0.1) is 0 Å². The molecular formula is C12H14ClNO3. The first kappa shape index (κ1) is 13.5. The number of alkyl halides is 1. The summed E-state index contributed by atoms with van der Waals surface area (Å²) in [6, 6.07) is 4.97. The number of carbonyl (C=O) groups excluding carboxylic acids is 1. The normalized spacial score (nSPS) is 10.0. The number of aromatic carboxylic acids is 1. The van der Waals surface area contributed by atoms with Gasteiger partial charge in [0.05, 0.1) is 11.3 Å². The van der Waals surface area contributed by atoms with Crippen LogP contribution >= 0.6 is 11.6 Å². The molecule has 0 aromatic heterocycles. The highest BCUT2D eigenvalue weighted by Crippen LogP contribution is 2.18. The molecule has 0 heterocycles. The third-order valence-electron chi connectivity index (χ3n) is 2.32. The number of hydrogen-bond donors (Lipinski definition) is 2. The summed E-state index contributed by atoms with van der Waals surface area (Å²) < 4.78 is 0. The number of amides is 1. The van der Waals surface area contributed by atoms with Crippen LogP contribution in [0.25, 0.3) is 0 Å². The highest BCUT2D eigenvalue weighted by Gasteiger charge is 2.12. The summed E-state index contributed by atoms with van der Waals surface area (Å²) in [7, 11) is 0. The van der Waals surface area contributed by atoms with E-state index >= 15 is 0 Å². The van der Waals surface area contributed by atoms with Crippen LogP contribution in [0.1, 0.15) is 29.3 Å². The van der Waals surface area contributed by atoms with Crippen molar-refractivity contribution >= 4 is 29.2 Å². The smallest absolute Gasteiger partial charge is 0.337 e. The third-order valence-corrected chi connectivity index (χ3v) is 2.51. The highest BCUT2D eigenvalue weighted by atomic mass is 35.5. The molecule has 0 saturated heterocycles. The Labute approximate surface area is 105 Å². The molecule has 1 aromatic carbocycles. The van der Waals surface area contributed by atoms with Gasteiger partial charge in [-0.3, -0.25) is 4.79 Å². The third kappa shape index (κ3) is 3.75. The van der Waals surface area contributed by atoms with Gasteiger partial charge in [-0.05, 0) is 24.1 Å². The fraction of sp³-hybridized carbons (Fsp3) is 0.333. The van der Waals surface area contributed by atoms with Gasteiger partial charge in [-0.15, -0.1) is 11.6 Å². The summed E-state index contributed by atoms with van der Waals surface area (Å²) in [4.78, 5) is 22.4. The first-order valence-corrected chi connectivity index (χ1v) is 5.84. The van der Waals surface area contributed by atoms with Crippen molar-refractivity contribution in [3.8, 4) is 0 Å². The fourth-order valence-electron chi connectivity index (χ4n) is 1.40. The molecule has 1 rings (SSSR count). The summed E-state index contributed by atoms with van der Waals surface area (Å²) in [5, 5.41) is 11.6. The van der Waals surface area contributed by atoms with Crippen molar-refractivity contribution in [2.24, 2.45) is 0 Å². The Bertz CT molecular complexity index is 432. The first-order valence-electron chi connectivity index (χ1n) is 5.30. The average molecular weight is 256 g/mol. The van der Waals surface area contributed by atoms with Crippen LogP contribution in [-0.2, 0) is 11.2 Å². The van der Waals surface area contributed by atoms with Gasteiger partial charge in [0.15, 0.2) is 0 Å². The topological polar surface area (TPSA) is 66.4 Å². The minimum Gasteiger partial charge on any atom is -0.478 e. The Balaban J connectivity index is 2.98. The molecule has 0 saturated carbocycles. The number of carboxylic acid groups (broad SMARTS) is 1. The fourth-order valence-corrected chi connectivity index (χ4v) is 1.57. The van der Waals surface area contributed by atoms with Crippen LogP contribution in [0.5, 0.6) is 0 Å². The summed E-state index contributed by atoms with van der Waals surface area (Å²) in [6.45, 7) is 1.94. The second kappa shape index (κ2) is 6.25. The molecule has 2 N–H and O–H groups in total. The Morgan fingerprint density at radius 1 is 1.41 bits per heavy atom. The van der Waals surface area contributed by atoms with Crippen LogP contribution in [0.15, 0.2) is 18.2 Å². The lowest BCUT2D eigenvalue weighted by atomic mass is 10.1. The van der Waals surface area contributed by atoms with Crippen molar-refractivity contribution in [2.75, 3.05) is 11.2 Å². The largest absolute Gasteiger partial charge is 0.478 e.